The first-order valence-electron chi connectivity index (χ1n) is 5.11. The summed E-state index contributed by atoms with van der Waals surface area (Å²) in [4.78, 5) is 11.7. The largest absolute Gasteiger partial charge is 0.417 e. The summed E-state index contributed by atoms with van der Waals surface area (Å²) >= 11 is 2.83. The van der Waals surface area contributed by atoms with Crippen LogP contribution in [0.5, 0.6) is 0 Å². The second-order valence-corrected chi connectivity index (χ2v) is 5.07. The van der Waals surface area contributed by atoms with Crippen LogP contribution in [0.25, 0.3) is 0 Å². The Bertz CT molecular complexity index is 424. The van der Waals surface area contributed by atoms with Gasteiger partial charge < -0.3 is 0 Å². The van der Waals surface area contributed by atoms with Crippen molar-refractivity contribution in [3.05, 3.63) is 33.8 Å². The van der Waals surface area contributed by atoms with E-state index in [1.165, 1.54) is 12.1 Å². The minimum atomic E-state index is -4.45. The molecule has 0 spiro atoms. The SMILES string of the molecule is CC(C)CC(=O)c1ccc(Br)c(C(F)(F)F)c1. The van der Waals surface area contributed by atoms with Crippen molar-refractivity contribution in [1.29, 1.82) is 0 Å². The first kappa shape index (κ1) is 14.2. The van der Waals surface area contributed by atoms with E-state index in [1.54, 1.807) is 0 Å². The van der Waals surface area contributed by atoms with E-state index in [0.29, 0.717) is 0 Å². The highest BCUT2D eigenvalue weighted by Gasteiger charge is 2.33. The number of alkyl halides is 3. The minimum Gasteiger partial charge on any atom is -0.294 e. The van der Waals surface area contributed by atoms with Crippen LogP contribution < -0.4 is 0 Å². The number of carbonyl (C=O) groups excluding carboxylic acids is 1. The Hall–Kier alpha value is -0.840. The zero-order valence-corrected chi connectivity index (χ0v) is 11.0. The molecule has 0 saturated carbocycles. The first-order valence-corrected chi connectivity index (χ1v) is 5.91. The smallest absolute Gasteiger partial charge is 0.294 e. The molecule has 1 rings (SSSR count). The van der Waals surface area contributed by atoms with Crippen molar-refractivity contribution in [2.24, 2.45) is 5.92 Å². The summed E-state index contributed by atoms with van der Waals surface area (Å²) in [6, 6.07) is 3.56. The molecule has 1 aromatic carbocycles. The molecule has 1 aromatic rings. The van der Waals surface area contributed by atoms with Gasteiger partial charge in [-0.2, -0.15) is 13.2 Å². The topological polar surface area (TPSA) is 17.1 Å². The van der Waals surface area contributed by atoms with E-state index in [2.05, 4.69) is 15.9 Å². The maximum absolute atomic E-state index is 12.6. The minimum absolute atomic E-state index is 0.0499. The highest BCUT2D eigenvalue weighted by atomic mass is 79.9. The fourth-order valence-corrected chi connectivity index (χ4v) is 1.88. The standard InChI is InChI=1S/C12H12BrF3O/c1-7(2)5-11(17)8-3-4-10(13)9(6-8)12(14,15)16/h3-4,6-7H,5H2,1-2H3. The summed E-state index contributed by atoms with van der Waals surface area (Å²) in [7, 11) is 0. The van der Waals surface area contributed by atoms with Crippen LogP contribution in [-0.4, -0.2) is 5.78 Å². The Balaban J connectivity index is 3.09. The van der Waals surface area contributed by atoms with Crippen molar-refractivity contribution in [2.75, 3.05) is 0 Å². The maximum atomic E-state index is 12.6. The van der Waals surface area contributed by atoms with Crippen LogP contribution in [0.1, 0.15) is 36.2 Å². The Morgan fingerprint density at radius 2 is 1.94 bits per heavy atom. The zero-order chi connectivity index (χ0) is 13.2. The van der Waals surface area contributed by atoms with E-state index in [9.17, 15) is 18.0 Å². The van der Waals surface area contributed by atoms with Gasteiger partial charge in [-0.3, -0.25) is 4.79 Å². The van der Waals surface area contributed by atoms with Gasteiger partial charge in [-0.15, -0.1) is 0 Å². The van der Waals surface area contributed by atoms with Gasteiger partial charge in [0.05, 0.1) is 5.56 Å². The summed E-state index contributed by atoms with van der Waals surface area (Å²) in [5.74, 6) is -0.140. The molecule has 0 atom stereocenters. The summed E-state index contributed by atoms with van der Waals surface area (Å²) in [5.41, 5.74) is -0.707. The molecule has 0 radical (unpaired) electrons. The van der Waals surface area contributed by atoms with Crippen LogP contribution in [0.4, 0.5) is 13.2 Å². The van der Waals surface area contributed by atoms with Crippen LogP contribution in [0.2, 0.25) is 0 Å². The van der Waals surface area contributed by atoms with Crippen LogP contribution >= 0.6 is 15.9 Å². The normalized spacial score (nSPS) is 11.9. The van der Waals surface area contributed by atoms with Crippen molar-refractivity contribution in [3.63, 3.8) is 0 Å². The van der Waals surface area contributed by atoms with E-state index in [0.717, 1.165) is 6.07 Å². The molecule has 0 heterocycles. The van der Waals surface area contributed by atoms with E-state index in [4.69, 9.17) is 0 Å². The second kappa shape index (κ2) is 5.21. The molecular weight excluding hydrogens is 297 g/mol. The highest BCUT2D eigenvalue weighted by molar-refractivity contribution is 9.10. The number of benzene rings is 1. The number of carbonyl (C=O) groups is 1. The summed E-state index contributed by atoms with van der Waals surface area (Å²) in [6.07, 6.45) is -4.20. The lowest BCUT2D eigenvalue weighted by atomic mass is 9.99. The molecule has 17 heavy (non-hydrogen) atoms. The van der Waals surface area contributed by atoms with Gasteiger partial charge in [0.25, 0.3) is 0 Å². The van der Waals surface area contributed by atoms with Crippen molar-refractivity contribution in [1.82, 2.24) is 0 Å². The third-order valence-electron chi connectivity index (χ3n) is 2.19. The Labute approximate surface area is 106 Å². The fourth-order valence-electron chi connectivity index (χ4n) is 1.40. The van der Waals surface area contributed by atoms with E-state index in [1.807, 2.05) is 13.8 Å². The Kier molecular flexibility index (Phi) is 4.36. The van der Waals surface area contributed by atoms with Gasteiger partial charge >= 0.3 is 6.18 Å². The predicted octanol–water partition coefficient (Wildman–Crippen LogP) is 4.70. The third kappa shape index (κ3) is 3.84. The number of ketones is 1. The number of hydrogen-bond donors (Lipinski definition) is 0. The molecule has 0 amide bonds. The van der Waals surface area contributed by atoms with Crippen LogP contribution in [0, 0.1) is 5.92 Å². The van der Waals surface area contributed by atoms with Gasteiger partial charge in [0.15, 0.2) is 5.78 Å². The van der Waals surface area contributed by atoms with Gasteiger partial charge in [0.2, 0.25) is 0 Å². The highest BCUT2D eigenvalue weighted by Crippen LogP contribution is 2.35. The number of rotatable bonds is 3. The zero-order valence-electron chi connectivity index (χ0n) is 9.44. The lowest BCUT2D eigenvalue weighted by Gasteiger charge is -2.11. The molecule has 0 unspecified atom stereocenters. The summed E-state index contributed by atoms with van der Waals surface area (Å²) < 4.78 is 37.8. The quantitative estimate of drug-likeness (QED) is 0.740. The molecule has 0 N–H and O–H groups in total. The Morgan fingerprint density at radius 1 is 1.35 bits per heavy atom. The fraction of sp³-hybridized carbons (Fsp3) is 0.417. The van der Waals surface area contributed by atoms with Gasteiger partial charge in [-0.05, 0) is 18.1 Å². The Morgan fingerprint density at radius 3 is 2.41 bits per heavy atom. The third-order valence-corrected chi connectivity index (χ3v) is 2.88. The summed E-state index contributed by atoms with van der Waals surface area (Å²) in [5, 5.41) is 0. The number of halogens is 4. The maximum Gasteiger partial charge on any atom is 0.417 e. The molecule has 0 saturated heterocycles. The van der Waals surface area contributed by atoms with Crippen LogP contribution in [0.3, 0.4) is 0 Å². The molecule has 0 bridgehead atoms. The average Bonchev–Trinajstić information content (AvgIpc) is 2.15. The molecule has 0 aromatic heterocycles. The molecule has 0 aliphatic heterocycles. The van der Waals surface area contributed by atoms with Crippen molar-refractivity contribution < 1.29 is 18.0 Å². The molecule has 0 aliphatic carbocycles. The van der Waals surface area contributed by atoms with Crippen molar-refractivity contribution >= 4 is 21.7 Å². The molecule has 0 fully saturated rings. The molecule has 1 nitrogen and oxygen atoms in total. The van der Waals surface area contributed by atoms with Gasteiger partial charge in [-0.1, -0.05) is 35.8 Å². The van der Waals surface area contributed by atoms with Gasteiger partial charge in [0.1, 0.15) is 0 Å². The predicted molar refractivity (Wildman–Crippen MR) is 62.9 cm³/mol. The van der Waals surface area contributed by atoms with E-state index >= 15 is 0 Å². The number of hydrogen-bond acceptors (Lipinski definition) is 1. The van der Waals surface area contributed by atoms with Gasteiger partial charge in [0, 0.05) is 16.5 Å². The van der Waals surface area contributed by atoms with Gasteiger partial charge in [-0.25, -0.2) is 0 Å². The lowest BCUT2D eigenvalue weighted by Crippen LogP contribution is -2.09. The lowest BCUT2D eigenvalue weighted by molar-refractivity contribution is -0.138. The van der Waals surface area contributed by atoms with Crippen LogP contribution in [0.15, 0.2) is 22.7 Å². The number of Topliss-reactive ketones (excluding diaryl/α,β-unsaturated/α-hetero) is 1. The average molecular weight is 309 g/mol. The van der Waals surface area contributed by atoms with Crippen molar-refractivity contribution in [2.45, 2.75) is 26.4 Å². The first-order chi connectivity index (χ1) is 7.71. The van der Waals surface area contributed by atoms with Crippen molar-refractivity contribution in [3.8, 4) is 0 Å². The van der Waals surface area contributed by atoms with E-state index in [-0.39, 0.29) is 28.2 Å². The summed E-state index contributed by atoms with van der Waals surface area (Å²) in [6.45, 7) is 3.70. The molecule has 94 valence electrons. The van der Waals surface area contributed by atoms with Crippen LogP contribution in [-0.2, 0) is 6.18 Å². The monoisotopic (exact) mass is 308 g/mol. The van der Waals surface area contributed by atoms with E-state index < -0.39 is 11.7 Å². The molecular formula is C12H12BrF3O. The molecule has 0 aliphatic rings. The molecule has 5 heteroatoms. The second-order valence-electron chi connectivity index (χ2n) is 4.21.